The van der Waals surface area contributed by atoms with Gasteiger partial charge in [0.05, 0.1) is 0 Å². The summed E-state index contributed by atoms with van der Waals surface area (Å²) >= 11 is 7.85. The largest absolute Gasteiger partial charge is 0.357 e. The fourth-order valence-electron chi connectivity index (χ4n) is 3.34. The molecule has 0 spiro atoms. The van der Waals surface area contributed by atoms with Gasteiger partial charge in [-0.3, -0.25) is 5.10 Å². The van der Waals surface area contributed by atoms with Crippen LogP contribution in [0.3, 0.4) is 0 Å². The van der Waals surface area contributed by atoms with Gasteiger partial charge in [0.15, 0.2) is 5.82 Å². The quantitative estimate of drug-likeness (QED) is 0.500. The van der Waals surface area contributed by atoms with Crippen molar-refractivity contribution in [1.29, 1.82) is 0 Å². The number of benzene rings is 1. The number of aromatic nitrogens is 3. The molecule has 28 heavy (non-hydrogen) atoms. The second-order valence-corrected chi connectivity index (χ2v) is 8.51. The van der Waals surface area contributed by atoms with E-state index in [1.54, 1.807) is 11.8 Å². The van der Waals surface area contributed by atoms with E-state index in [0.29, 0.717) is 0 Å². The molecule has 1 aromatic carbocycles. The SMILES string of the molecule is Cc1cc(Nc2cc(SCc3cccc(Cl)c3)nc(N3CCCCC3)c2)n[nH]1. The summed E-state index contributed by atoms with van der Waals surface area (Å²) in [4.78, 5) is 7.31. The minimum absolute atomic E-state index is 0.768. The molecule has 0 unspecified atom stereocenters. The van der Waals surface area contributed by atoms with E-state index in [0.717, 1.165) is 51.9 Å². The van der Waals surface area contributed by atoms with E-state index in [2.05, 4.69) is 38.6 Å². The van der Waals surface area contributed by atoms with Crippen LogP contribution in [-0.4, -0.2) is 28.3 Å². The van der Waals surface area contributed by atoms with E-state index in [4.69, 9.17) is 16.6 Å². The zero-order valence-corrected chi connectivity index (χ0v) is 17.5. The first-order valence-corrected chi connectivity index (χ1v) is 11.0. The molecule has 3 heterocycles. The summed E-state index contributed by atoms with van der Waals surface area (Å²) in [5.74, 6) is 2.68. The number of nitrogens with one attached hydrogen (secondary N) is 2. The Kier molecular flexibility index (Phi) is 6.07. The van der Waals surface area contributed by atoms with Crippen molar-refractivity contribution in [1.82, 2.24) is 15.2 Å². The lowest BCUT2D eigenvalue weighted by atomic mass is 10.1. The van der Waals surface area contributed by atoms with Crippen molar-refractivity contribution < 1.29 is 0 Å². The maximum absolute atomic E-state index is 6.12. The molecule has 3 aromatic rings. The predicted molar refractivity (Wildman–Crippen MR) is 118 cm³/mol. The van der Waals surface area contributed by atoms with E-state index in [-0.39, 0.29) is 0 Å². The maximum Gasteiger partial charge on any atom is 0.152 e. The average molecular weight is 414 g/mol. The molecule has 0 radical (unpaired) electrons. The number of hydrogen-bond donors (Lipinski definition) is 2. The molecule has 0 bridgehead atoms. The van der Waals surface area contributed by atoms with E-state index in [1.807, 2.05) is 31.2 Å². The van der Waals surface area contributed by atoms with Crippen LogP contribution in [0.15, 0.2) is 47.5 Å². The highest BCUT2D eigenvalue weighted by Crippen LogP contribution is 2.30. The average Bonchev–Trinajstić information content (AvgIpc) is 3.11. The Morgan fingerprint density at radius 1 is 1.14 bits per heavy atom. The third kappa shape index (κ3) is 5.00. The number of nitrogens with zero attached hydrogens (tertiary/aromatic N) is 3. The lowest BCUT2D eigenvalue weighted by Crippen LogP contribution is -2.30. The third-order valence-electron chi connectivity index (χ3n) is 4.72. The molecule has 1 aliphatic heterocycles. The number of halogens is 1. The van der Waals surface area contributed by atoms with Crippen molar-refractivity contribution in [3.05, 3.63) is 58.7 Å². The highest BCUT2D eigenvalue weighted by molar-refractivity contribution is 7.98. The molecular weight excluding hydrogens is 390 g/mol. The molecule has 0 aliphatic carbocycles. The predicted octanol–water partition coefficient (Wildman–Crippen LogP) is 5.79. The monoisotopic (exact) mass is 413 g/mol. The van der Waals surface area contributed by atoms with Crippen LogP contribution in [0.5, 0.6) is 0 Å². The zero-order chi connectivity index (χ0) is 19.3. The number of rotatable bonds is 6. The Morgan fingerprint density at radius 2 is 2.00 bits per heavy atom. The Labute approximate surface area is 174 Å². The molecule has 1 aliphatic rings. The topological polar surface area (TPSA) is 56.8 Å². The van der Waals surface area contributed by atoms with Gasteiger partial charge in [-0.1, -0.05) is 23.7 Å². The Morgan fingerprint density at radius 3 is 2.75 bits per heavy atom. The number of aryl methyl sites for hydroxylation is 1. The molecule has 146 valence electrons. The van der Waals surface area contributed by atoms with Gasteiger partial charge < -0.3 is 10.2 Å². The molecule has 5 nitrogen and oxygen atoms in total. The third-order valence-corrected chi connectivity index (χ3v) is 5.94. The summed E-state index contributed by atoms with van der Waals surface area (Å²) < 4.78 is 0. The highest BCUT2D eigenvalue weighted by Gasteiger charge is 2.15. The number of H-pyrrole nitrogens is 1. The van der Waals surface area contributed by atoms with Crippen molar-refractivity contribution in [3.8, 4) is 0 Å². The van der Waals surface area contributed by atoms with E-state index in [1.165, 1.54) is 24.8 Å². The normalized spacial score (nSPS) is 14.3. The van der Waals surface area contributed by atoms with Crippen LogP contribution in [0, 0.1) is 6.92 Å². The first kappa shape index (κ1) is 19.2. The molecule has 0 amide bonds. The second kappa shape index (κ2) is 8.88. The van der Waals surface area contributed by atoms with Crippen LogP contribution < -0.4 is 10.2 Å². The number of hydrogen-bond acceptors (Lipinski definition) is 5. The van der Waals surface area contributed by atoms with Gasteiger partial charge >= 0.3 is 0 Å². The smallest absolute Gasteiger partial charge is 0.152 e. The van der Waals surface area contributed by atoms with Gasteiger partial charge in [-0.2, -0.15) is 5.10 Å². The fraction of sp³-hybridized carbons (Fsp3) is 0.333. The summed E-state index contributed by atoms with van der Waals surface area (Å²) in [6.07, 6.45) is 3.75. The standard InChI is InChI=1S/C21H24ClN5S/c1-15-10-19(26-25-15)23-18-12-20(27-8-3-2-4-9-27)24-21(13-18)28-14-16-6-5-7-17(22)11-16/h5-7,10-13H,2-4,8-9,14H2,1H3,(H2,23,24,25,26). The number of aromatic amines is 1. The van der Waals surface area contributed by atoms with Crippen LogP contribution in [-0.2, 0) is 5.75 Å². The summed E-state index contributed by atoms with van der Waals surface area (Å²) in [7, 11) is 0. The minimum atomic E-state index is 0.768. The number of piperidine rings is 1. The fourth-order valence-corrected chi connectivity index (χ4v) is 4.41. The first-order chi connectivity index (χ1) is 13.7. The molecule has 2 aromatic heterocycles. The second-order valence-electron chi connectivity index (χ2n) is 7.08. The molecular formula is C21H24ClN5S. The number of thioether (sulfide) groups is 1. The molecule has 1 fully saturated rings. The zero-order valence-electron chi connectivity index (χ0n) is 15.9. The van der Waals surface area contributed by atoms with Crippen LogP contribution in [0.4, 0.5) is 17.3 Å². The lowest BCUT2D eigenvalue weighted by Gasteiger charge is -2.28. The summed E-state index contributed by atoms with van der Waals surface area (Å²) in [5.41, 5.74) is 3.24. The van der Waals surface area contributed by atoms with Gasteiger partial charge in [0.25, 0.3) is 0 Å². The van der Waals surface area contributed by atoms with Crippen molar-refractivity contribution in [2.45, 2.75) is 37.0 Å². The van der Waals surface area contributed by atoms with Crippen LogP contribution in [0.2, 0.25) is 5.02 Å². The van der Waals surface area contributed by atoms with Crippen LogP contribution in [0.1, 0.15) is 30.5 Å². The van der Waals surface area contributed by atoms with Crippen LogP contribution >= 0.6 is 23.4 Å². The van der Waals surface area contributed by atoms with E-state index >= 15 is 0 Å². The van der Waals surface area contributed by atoms with Gasteiger partial charge in [0, 0.05) is 47.4 Å². The summed E-state index contributed by atoms with van der Waals surface area (Å²) in [5, 5.41) is 12.4. The van der Waals surface area contributed by atoms with Crippen molar-refractivity contribution in [2.24, 2.45) is 0 Å². The maximum atomic E-state index is 6.12. The number of anilines is 3. The van der Waals surface area contributed by atoms with Crippen LogP contribution in [0.25, 0.3) is 0 Å². The van der Waals surface area contributed by atoms with Gasteiger partial charge in [0.2, 0.25) is 0 Å². The molecule has 0 atom stereocenters. The Balaban J connectivity index is 1.57. The van der Waals surface area contributed by atoms with Gasteiger partial charge in [-0.15, -0.1) is 11.8 Å². The van der Waals surface area contributed by atoms with Gasteiger partial charge in [-0.25, -0.2) is 4.98 Å². The van der Waals surface area contributed by atoms with Crippen molar-refractivity contribution in [3.63, 3.8) is 0 Å². The Hall–Kier alpha value is -2.18. The molecule has 0 saturated carbocycles. The minimum Gasteiger partial charge on any atom is -0.357 e. The lowest BCUT2D eigenvalue weighted by molar-refractivity contribution is 0.572. The van der Waals surface area contributed by atoms with E-state index < -0.39 is 0 Å². The van der Waals surface area contributed by atoms with Gasteiger partial charge in [-0.05, 0) is 49.9 Å². The molecule has 2 N–H and O–H groups in total. The van der Waals surface area contributed by atoms with Gasteiger partial charge in [0.1, 0.15) is 10.8 Å². The van der Waals surface area contributed by atoms with E-state index in [9.17, 15) is 0 Å². The highest BCUT2D eigenvalue weighted by atomic mass is 35.5. The number of pyridine rings is 1. The molecule has 4 rings (SSSR count). The molecule has 7 heteroatoms. The first-order valence-electron chi connectivity index (χ1n) is 9.59. The van der Waals surface area contributed by atoms with Crippen molar-refractivity contribution >= 4 is 40.7 Å². The summed E-state index contributed by atoms with van der Waals surface area (Å²) in [6.45, 7) is 4.13. The Bertz CT molecular complexity index is 936. The van der Waals surface area contributed by atoms with Crippen molar-refractivity contribution in [2.75, 3.05) is 23.3 Å². The molecule has 1 saturated heterocycles. The summed E-state index contributed by atoms with van der Waals surface area (Å²) in [6, 6.07) is 14.2.